The summed E-state index contributed by atoms with van der Waals surface area (Å²) in [7, 11) is 0. The largest absolute Gasteiger partial charge is 0.0911 e. The van der Waals surface area contributed by atoms with Gasteiger partial charge in [-0.05, 0) is 96.7 Å². The van der Waals surface area contributed by atoms with Gasteiger partial charge in [0.15, 0.2) is 0 Å². The highest BCUT2D eigenvalue weighted by molar-refractivity contribution is 4.90. The van der Waals surface area contributed by atoms with E-state index >= 15 is 0 Å². The smallest absolute Gasteiger partial charge is 0.0203 e. The molecule has 0 aromatic rings. The Morgan fingerprint density at radius 1 is 0.232 bits per heavy atom. The standard InChI is InChI=1S/4C7H16.4C7H14/c8*1-5-6-7(2,3)4/h4*5-6H2,1-4H3;4*5-6H,1-4H3/b;;;;4*6-5+. The van der Waals surface area contributed by atoms with Gasteiger partial charge in [-0.2, -0.15) is 0 Å². The van der Waals surface area contributed by atoms with Gasteiger partial charge in [0, 0.05) is 0 Å². The summed E-state index contributed by atoms with van der Waals surface area (Å²) in [6, 6.07) is 0. The fourth-order valence-electron chi connectivity index (χ4n) is 5.00. The van der Waals surface area contributed by atoms with Crippen LogP contribution in [0.25, 0.3) is 0 Å². The lowest BCUT2D eigenvalue weighted by molar-refractivity contribution is 0.373. The summed E-state index contributed by atoms with van der Waals surface area (Å²) in [4.78, 5) is 0. The molecule has 0 rings (SSSR count). The van der Waals surface area contributed by atoms with Gasteiger partial charge in [-0.3, -0.25) is 0 Å². The molecular weight excluding hydrogens is 673 g/mol. The Labute approximate surface area is 363 Å². The minimum Gasteiger partial charge on any atom is -0.0911 e. The van der Waals surface area contributed by atoms with Crippen LogP contribution in [-0.2, 0) is 0 Å². The molecule has 0 aliphatic rings. The van der Waals surface area contributed by atoms with Crippen molar-refractivity contribution in [1.29, 1.82) is 0 Å². The Hall–Kier alpha value is -1.04. The fraction of sp³-hybridized carbons (Fsp3) is 0.857. The van der Waals surface area contributed by atoms with Crippen LogP contribution in [0.4, 0.5) is 0 Å². The Balaban J connectivity index is -0.0000000784. The van der Waals surface area contributed by atoms with Crippen molar-refractivity contribution in [2.24, 2.45) is 43.3 Å². The molecule has 344 valence electrons. The van der Waals surface area contributed by atoms with Crippen LogP contribution < -0.4 is 0 Å². The van der Waals surface area contributed by atoms with E-state index in [9.17, 15) is 0 Å². The van der Waals surface area contributed by atoms with Crippen LogP contribution >= 0.6 is 0 Å². The molecule has 0 aromatic heterocycles. The monoisotopic (exact) mass is 793 g/mol. The molecule has 0 aliphatic heterocycles. The van der Waals surface area contributed by atoms with E-state index in [1.54, 1.807) is 0 Å². The normalized spacial score (nSPS) is 12.6. The molecule has 56 heavy (non-hydrogen) atoms. The lowest BCUT2D eigenvalue weighted by Gasteiger charge is -2.15. The van der Waals surface area contributed by atoms with Crippen LogP contribution in [-0.4, -0.2) is 0 Å². The number of allylic oxidation sites excluding steroid dienone is 8. The second kappa shape index (κ2) is 38.2. The molecule has 0 N–H and O–H groups in total. The molecule has 0 amide bonds. The summed E-state index contributed by atoms with van der Waals surface area (Å²) < 4.78 is 0. The van der Waals surface area contributed by atoms with Gasteiger partial charge in [0.25, 0.3) is 0 Å². The molecule has 0 heterocycles. The minimum atomic E-state index is 0.370. The first-order valence-electron chi connectivity index (χ1n) is 23.0. The first-order chi connectivity index (χ1) is 24.5. The van der Waals surface area contributed by atoms with Gasteiger partial charge >= 0.3 is 0 Å². The molecule has 0 unspecified atom stereocenters. The van der Waals surface area contributed by atoms with Crippen LogP contribution in [0.15, 0.2) is 48.6 Å². The van der Waals surface area contributed by atoms with Crippen LogP contribution in [0.3, 0.4) is 0 Å². The van der Waals surface area contributed by atoms with Crippen LogP contribution in [0.2, 0.25) is 0 Å². The first-order valence-corrected chi connectivity index (χ1v) is 23.0. The quantitative estimate of drug-likeness (QED) is 0.249. The lowest BCUT2D eigenvalue weighted by atomic mass is 9.91. The van der Waals surface area contributed by atoms with Gasteiger partial charge in [0.2, 0.25) is 0 Å². The van der Waals surface area contributed by atoms with E-state index in [0.717, 1.165) is 0 Å². The van der Waals surface area contributed by atoms with Gasteiger partial charge in [-0.1, -0.05) is 268 Å². The third kappa shape index (κ3) is 149. The maximum absolute atomic E-state index is 2.27. The van der Waals surface area contributed by atoms with E-state index in [1.165, 1.54) is 51.4 Å². The first kappa shape index (κ1) is 72.6. The topological polar surface area (TPSA) is 0 Å². The molecule has 0 nitrogen and oxygen atoms in total. The Morgan fingerprint density at radius 3 is 0.339 bits per heavy atom. The van der Waals surface area contributed by atoms with Crippen LogP contribution in [0.1, 0.15) is 273 Å². The highest BCUT2D eigenvalue weighted by Crippen LogP contribution is 2.21. The number of hydrogen-bond donors (Lipinski definition) is 0. The van der Waals surface area contributed by atoms with E-state index in [1.807, 2.05) is 27.7 Å². The van der Waals surface area contributed by atoms with E-state index in [0.29, 0.717) is 43.3 Å². The average molecular weight is 794 g/mol. The summed E-state index contributed by atoms with van der Waals surface area (Å²) in [5.74, 6) is 0. The molecule has 0 fully saturated rings. The van der Waals surface area contributed by atoms with Gasteiger partial charge in [-0.15, -0.1) is 0 Å². The van der Waals surface area contributed by atoms with Crippen LogP contribution in [0.5, 0.6) is 0 Å². The maximum atomic E-state index is 2.27. The van der Waals surface area contributed by atoms with Crippen LogP contribution in [0, 0.1) is 43.3 Å². The minimum absolute atomic E-state index is 0.370. The lowest BCUT2D eigenvalue weighted by Crippen LogP contribution is -2.02. The summed E-state index contributed by atoms with van der Waals surface area (Å²) in [5, 5.41) is 0. The average Bonchev–Trinajstić information content (AvgIpc) is 2.86. The van der Waals surface area contributed by atoms with Crippen molar-refractivity contribution < 1.29 is 0 Å². The molecule has 0 saturated heterocycles. The zero-order valence-corrected chi connectivity index (χ0v) is 46.3. The third-order valence-electron chi connectivity index (χ3n) is 6.67. The summed E-state index contributed by atoms with van der Waals surface area (Å²) in [6.07, 6.45) is 27.7. The second-order valence-corrected chi connectivity index (χ2v) is 24.7. The van der Waals surface area contributed by atoms with Crippen molar-refractivity contribution in [1.82, 2.24) is 0 Å². The SMILES string of the molecule is C/C=C/C(C)(C)C.C/C=C/C(C)(C)C.C/C=C/C(C)(C)C.C/C=C/C(C)(C)C.CCCC(C)(C)C.CCCC(C)(C)C.CCCC(C)(C)C.CCCC(C)(C)C. The third-order valence-corrected chi connectivity index (χ3v) is 6.67. The predicted octanol–water partition coefficient (Wildman–Crippen LogP) is 21.8. The van der Waals surface area contributed by atoms with Gasteiger partial charge in [0.05, 0.1) is 0 Å². The van der Waals surface area contributed by atoms with Gasteiger partial charge in [0.1, 0.15) is 0 Å². The Kier molecular flexibility index (Phi) is 49.5. The van der Waals surface area contributed by atoms with Crippen molar-refractivity contribution in [2.45, 2.75) is 273 Å². The zero-order chi connectivity index (χ0) is 47.3. The molecule has 0 spiro atoms. The molecule has 0 radical (unpaired) electrons. The molecule has 0 saturated carbocycles. The molecule has 0 aliphatic carbocycles. The molecule has 0 bridgehead atoms. The van der Waals surface area contributed by atoms with Crippen molar-refractivity contribution in [2.75, 3.05) is 0 Å². The maximum Gasteiger partial charge on any atom is -0.0203 e. The van der Waals surface area contributed by atoms with Crippen molar-refractivity contribution in [3.05, 3.63) is 48.6 Å². The number of rotatable bonds is 4. The zero-order valence-electron chi connectivity index (χ0n) is 46.3. The number of hydrogen-bond acceptors (Lipinski definition) is 0. The van der Waals surface area contributed by atoms with Gasteiger partial charge < -0.3 is 0 Å². The molecule has 0 atom stereocenters. The van der Waals surface area contributed by atoms with Crippen molar-refractivity contribution in [3.8, 4) is 0 Å². The highest BCUT2D eigenvalue weighted by Gasteiger charge is 2.08. The van der Waals surface area contributed by atoms with E-state index in [-0.39, 0.29) is 0 Å². The molecule has 0 aromatic carbocycles. The summed E-state index contributed by atoms with van der Waals surface area (Å²) in [6.45, 7) is 70.6. The van der Waals surface area contributed by atoms with E-state index < -0.39 is 0 Å². The predicted molar refractivity (Wildman–Crippen MR) is 275 cm³/mol. The molecular formula is C56H120. The van der Waals surface area contributed by atoms with Crippen molar-refractivity contribution in [3.63, 3.8) is 0 Å². The highest BCUT2D eigenvalue weighted by atomic mass is 14.1. The fourth-order valence-corrected chi connectivity index (χ4v) is 5.00. The van der Waals surface area contributed by atoms with E-state index in [4.69, 9.17) is 0 Å². The Morgan fingerprint density at radius 2 is 0.339 bits per heavy atom. The summed E-state index contributed by atoms with van der Waals surface area (Å²) >= 11 is 0. The van der Waals surface area contributed by atoms with Crippen molar-refractivity contribution >= 4 is 0 Å². The van der Waals surface area contributed by atoms with E-state index in [2.05, 4.69) is 242 Å². The van der Waals surface area contributed by atoms with Gasteiger partial charge in [-0.25, -0.2) is 0 Å². The molecule has 0 heteroatoms. The summed E-state index contributed by atoms with van der Waals surface area (Å²) in [5.41, 5.74) is 3.68. The Bertz CT molecular complexity index is 706. The second-order valence-electron chi connectivity index (χ2n) is 24.7.